The molecule has 0 aliphatic rings. The summed E-state index contributed by atoms with van der Waals surface area (Å²) in [6, 6.07) is 3.30. The lowest BCUT2D eigenvalue weighted by Gasteiger charge is -2.06. The van der Waals surface area contributed by atoms with Crippen LogP contribution in [0.4, 0.5) is 10.1 Å². The van der Waals surface area contributed by atoms with Crippen LogP contribution in [0.5, 0.6) is 0 Å². The molecule has 96 valence electrons. The molecular weight excluding hydrogens is 257 g/mol. The van der Waals surface area contributed by atoms with Crippen LogP contribution >= 0.6 is 0 Å². The molecule has 1 aromatic heterocycles. The van der Waals surface area contributed by atoms with Crippen LogP contribution in [0.15, 0.2) is 35.5 Å². The van der Waals surface area contributed by atoms with Crippen LogP contribution in [-0.2, 0) is 22.6 Å². The minimum absolute atomic E-state index is 0.0419. The lowest BCUT2D eigenvalue weighted by molar-refractivity contribution is 0.590. The second-order valence-electron chi connectivity index (χ2n) is 3.96. The first-order valence-corrected chi connectivity index (χ1v) is 6.79. The molecule has 2 aromatic rings. The van der Waals surface area contributed by atoms with E-state index in [-0.39, 0.29) is 16.3 Å². The van der Waals surface area contributed by atoms with Crippen molar-refractivity contribution < 1.29 is 12.8 Å². The Labute approximate surface area is 104 Å². The number of nitrogens with zero attached hydrogens (tertiary/aromatic N) is 2. The molecule has 0 atom stereocenters. The number of halogens is 1. The number of hydrogen-bond donors (Lipinski definition) is 1. The number of aryl methyl sites for hydroxylation is 1. The molecule has 2 N–H and O–H groups in total. The van der Waals surface area contributed by atoms with E-state index in [9.17, 15) is 12.8 Å². The Hall–Kier alpha value is -1.89. The van der Waals surface area contributed by atoms with Gasteiger partial charge in [-0.1, -0.05) is 0 Å². The molecule has 0 amide bonds. The Balaban J connectivity index is 2.39. The Morgan fingerprint density at radius 1 is 1.44 bits per heavy atom. The number of nitrogens with two attached hydrogens (primary N) is 1. The quantitative estimate of drug-likeness (QED) is 0.847. The fourth-order valence-corrected chi connectivity index (χ4v) is 3.08. The summed E-state index contributed by atoms with van der Waals surface area (Å²) in [5.74, 6) is -0.886. The van der Waals surface area contributed by atoms with Crippen molar-refractivity contribution in [3.63, 3.8) is 0 Å². The highest BCUT2D eigenvalue weighted by Gasteiger charge is 2.19. The average molecular weight is 269 g/mol. The minimum Gasteiger partial charge on any atom is -0.398 e. The van der Waals surface area contributed by atoms with Crippen molar-refractivity contribution in [1.82, 2.24) is 9.78 Å². The third-order valence-corrected chi connectivity index (χ3v) is 4.16. The molecular formula is C11H12FN3O2S. The Kier molecular flexibility index (Phi) is 3.08. The predicted molar refractivity (Wildman–Crippen MR) is 64.9 cm³/mol. The van der Waals surface area contributed by atoms with Gasteiger partial charge in [-0.3, -0.25) is 4.68 Å². The van der Waals surface area contributed by atoms with Gasteiger partial charge in [0.05, 0.1) is 22.5 Å². The highest BCUT2D eigenvalue weighted by Crippen LogP contribution is 2.23. The molecule has 5 nitrogen and oxygen atoms in total. The number of aromatic nitrogens is 2. The maximum Gasteiger partial charge on any atom is 0.184 e. The number of rotatable bonds is 3. The summed E-state index contributed by atoms with van der Waals surface area (Å²) < 4.78 is 38.8. The summed E-state index contributed by atoms with van der Waals surface area (Å²) in [5, 5.41) is 3.88. The van der Waals surface area contributed by atoms with Gasteiger partial charge in [-0.15, -0.1) is 0 Å². The number of sulfone groups is 1. The van der Waals surface area contributed by atoms with E-state index in [1.165, 1.54) is 16.9 Å². The molecule has 0 spiro atoms. The number of anilines is 1. The molecule has 0 aliphatic heterocycles. The third kappa shape index (κ3) is 2.51. The predicted octanol–water partition coefficient (Wildman–Crippen LogP) is 1.12. The van der Waals surface area contributed by atoms with Gasteiger partial charge < -0.3 is 5.73 Å². The molecule has 0 bridgehead atoms. The summed E-state index contributed by atoms with van der Waals surface area (Å²) >= 11 is 0. The first-order valence-electron chi connectivity index (χ1n) is 5.14. The normalized spacial score (nSPS) is 11.7. The van der Waals surface area contributed by atoms with Gasteiger partial charge in [0.25, 0.3) is 0 Å². The van der Waals surface area contributed by atoms with Crippen LogP contribution in [-0.4, -0.2) is 18.2 Å². The van der Waals surface area contributed by atoms with Crippen LogP contribution in [0.25, 0.3) is 0 Å². The highest BCUT2D eigenvalue weighted by molar-refractivity contribution is 7.90. The zero-order valence-electron chi connectivity index (χ0n) is 9.67. The molecule has 1 heterocycles. The van der Waals surface area contributed by atoms with Crippen molar-refractivity contribution in [1.29, 1.82) is 0 Å². The summed E-state index contributed by atoms with van der Waals surface area (Å²) in [7, 11) is -1.98. The monoisotopic (exact) mass is 269 g/mol. The van der Waals surface area contributed by atoms with E-state index in [2.05, 4.69) is 5.10 Å². The van der Waals surface area contributed by atoms with Gasteiger partial charge in [0, 0.05) is 18.8 Å². The minimum atomic E-state index is -3.67. The molecule has 1 aromatic carbocycles. The highest BCUT2D eigenvalue weighted by atomic mass is 32.2. The summed E-state index contributed by atoms with van der Waals surface area (Å²) in [6.07, 6.45) is 3.04. The molecule has 0 radical (unpaired) electrons. The third-order valence-electron chi connectivity index (χ3n) is 2.43. The number of benzene rings is 1. The maximum atomic E-state index is 13.1. The molecule has 2 rings (SSSR count). The second-order valence-corrected chi connectivity index (χ2v) is 5.92. The lowest BCUT2D eigenvalue weighted by Crippen LogP contribution is -2.08. The van der Waals surface area contributed by atoms with E-state index < -0.39 is 15.7 Å². The molecule has 0 saturated carbocycles. The van der Waals surface area contributed by atoms with Crippen molar-refractivity contribution in [2.45, 2.75) is 10.6 Å². The van der Waals surface area contributed by atoms with Crippen LogP contribution in [0.2, 0.25) is 0 Å². The molecule has 0 saturated heterocycles. The van der Waals surface area contributed by atoms with Crippen molar-refractivity contribution in [2.24, 2.45) is 7.05 Å². The molecule has 0 fully saturated rings. The van der Waals surface area contributed by atoms with Gasteiger partial charge in [0.15, 0.2) is 9.84 Å². The maximum absolute atomic E-state index is 13.1. The van der Waals surface area contributed by atoms with E-state index in [0.29, 0.717) is 5.56 Å². The average Bonchev–Trinajstić information content (AvgIpc) is 2.66. The molecule has 18 heavy (non-hydrogen) atoms. The van der Waals surface area contributed by atoms with Crippen LogP contribution in [0, 0.1) is 5.82 Å². The van der Waals surface area contributed by atoms with Crippen LogP contribution in [0.1, 0.15) is 5.56 Å². The topological polar surface area (TPSA) is 78.0 Å². The van der Waals surface area contributed by atoms with Gasteiger partial charge in [0.1, 0.15) is 5.82 Å². The Bertz CT molecular complexity index is 679. The Morgan fingerprint density at radius 3 is 2.78 bits per heavy atom. The fraction of sp³-hybridized carbons (Fsp3) is 0.182. The van der Waals surface area contributed by atoms with Gasteiger partial charge in [-0.05, 0) is 18.2 Å². The smallest absolute Gasteiger partial charge is 0.184 e. The molecule has 7 heteroatoms. The Morgan fingerprint density at radius 2 is 2.17 bits per heavy atom. The summed E-state index contributed by atoms with van der Waals surface area (Å²) in [4.78, 5) is -0.189. The fourth-order valence-electron chi connectivity index (χ4n) is 1.62. The van der Waals surface area contributed by atoms with Gasteiger partial charge in [-0.2, -0.15) is 5.10 Å². The van der Waals surface area contributed by atoms with Crippen LogP contribution < -0.4 is 5.73 Å². The SMILES string of the molecule is Cn1cc(CS(=O)(=O)c2cc(F)ccc2N)cn1. The van der Waals surface area contributed by atoms with E-state index in [4.69, 9.17) is 5.73 Å². The number of hydrogen-bond acceptors (Lipinski definition) is 4. The van der Waals surface area contributed by atoms with E-state index in [1.54, 1.807) is 13.2 Å². The number of nitrogen functional groups attached to an aromatic ring is 1. The van der Waals surface area contributed by atoms with Crippen molar-refractivity contribution in [2.75, 3.05) is 5.73 Å². The standard InChI is InChI=1S/C11H12FN3O2S/c1-15-6-8(5-14-15)7-18(16,17)11-4-9(12)2-3-10(11)13/h2-6H,7,13H2,1H3. The van der Waals surface area contributed by atoms with Crippen molar-refractivity contribution in [3.05, 3.63) is 42.0 Å². The largest absolute Gasteiger partial charge is 0.398 e. The van der Waals surface area contributed by atoms with E-state index in [0.717, 1.165) is 12.1 Å². The van der Waals surface area contributed by atoms with Gasteiger partial charge >= 0.3 is 0 Å². The summed E-state index contributed by atoms with van der Waals surface area (Å²) in [5.41, 5.74) is 6.14. The zero-order valence-corrected chi connectivity index (χ0v) is 10.5. The lowest BCUT2D eigenvalue weighted by atomic mass is 10.3. The van der Waals surface area contributed by atoms with Crippen molar-refractivity contribution >= 4 is 15.5 Å². The van der Waals surface area contributed by atoms with Crippen molar-refractivity contribution in [3.8, 4) is 0 Å². The first-order chi connectivity index (χ1) is 8.38. The van der Waals surface area contributed by atoms with E-state index >= 15 is 0 Å². The van der Waals surface area contributed by atoms with Crippen LogP contribution in [0.3, 0.4) is 0 Å². The van der Waals surface area contributed by atoms with E-state index in [1.807, 2.05) is 0 Å². The molecule has 0 unspecified atom stereocenters. The second kappa shape index (κ2) is 4.41. The zero-order chi connectivity index (χ0) is 13.3. The first kappa shape index (κ1) is 12.6. The van der Waals surface area contributed by atoms with Gasteiger partial charge in [-0.25, -0.2) is 12.8 Å². The van der Waals surface area contributed by atoms with Gasteiger partial charge in [0.2, 0.25) is 0 Å². The molecule has 0 aliphatic carbocycles. The summed E-state index contributed by atoms with van der Waals surface area (Å²) in [6.45, 7) is 0.